The molecule has 96 valence electrons. The van der Waals surface area contributed by atoms with Gasteiger partial charge in [-0.15, -0.1) is 0 Å². The van der Waals surface area contributed by atoms with Crippen molar-refractivity contribution in [3.63, 3.8) is 0 Å². The van der Waals surface area contributed by atoms with Gasteiger partial charge in [0.05, 0.1) is 18.7 Å². The van der Waals surface area contributed by atoms with Crippen LogP contribution in [-0.4, -0.2) is 7.11 Å². The largest absolute Gasteiger partial charge is 0.493 e. The fraction of sp³-hybridized carbons (Fsp3) is 0.188. The molecule has 0 N–H and O–H groups in total. The molecule has 0 amide bonds. The van der Waals surface area contributed by atoms with E-state index < -0.39 is 0 Å². The standard InChI is InChI=1S/C16H15NO2/c1-12-8-16(15(18-2)9-14(12)10-17)19-11-13-6-4-3-5-7-13/h3-9H,11H2,1-2H3. The van der Waals surface area contributed by atoms with Crippen molar-refractivity contribution in [2.75, 3.05) is 7.11 Å². The summed E-state index contributed by atoms with van der Waals surface area (Å²) in [5.74, 6) is 1.24. The monoisotopic (exact) mass is 253 g/mol. The minimum Gasteiger partial charge on any atom is -0.493 e. The molecule has 2 aromatic carbocycles. The number of aryl methyl sites for hydroxylation is 1. The lowest BCUT2D eigenvalue weighted by Gasteiger charge is -2.12. The molecule has 0 atom stereocenters. The van der Waals surface area contributed by atoms with Crippen molar-refractivity contribution >= 4 is 0 Å². The number of benzene rings is 2. The first-order chi connectivity index (χ1) is 9.24. The third-order valence-electron chi connectivity index (χ3n) is 2.87. The van der Waals surface area contributed by atoms with Crippen LogP contribution in [0.4, 0.5) is 0 Å². The van der Waals surface area contributed by atoms with E-state index in [1.165, 1.54) is 0 Å². The first kappa shape index (κ1) is 13.0. The predicted octanol–water partition coefficient (Wildman–Crippen LogP) is 3.45. The highest BCUT2D eigenvalue weighted by Crippen LogP contribution is 2.30. The average Bonchev–Trinajstić information content (AvgIpc) is 2.46. The lowest BCUT2D eigenvalue weighted by molar-refractivity contribution is 0.284. The summed E-state index contributed by atoms with van der Waals surface area (Å²) in [6.07, 6.45) is 0. The highest BCUT2D eigenvalue weighted by Gasteiger charge is 2.09. The Hall–Kier alpha value is -2.47. The Labute approximate surface area is 113 Å². The number of nitriles is 1. The van der Waals surface area contributed by atoms with Crippen molar-refractivity contribution in [3.8, 4) is 17.6 Å². The summed E-state index contributed by atoms with van der Waals surface area (Å²) in [6, 6.07) is 15.6. The summed E-state index contributed by atoms with van der Waals surface area (Å²) in [4.78, 5) is 0. The summed E-state index contributed by atoms with van der Waals surface area (Å²) in [6.45, 7) is 2.36. The second kappa shape index (κ2) is 5.92. The molecule has 3 nitrogen and oxygen atoms in total. The van der Waals surface area contributed by atoms with Crippen molar-refractivity contribution in [2.24, 2.45) is 0 Å². The third-order valence-corrected chi connectivity index (χ3v) is 2.87. The van der Waals surface area contributed by atoms with E-state index in [2.05, 4.69) is 6.07 Å². The summed E-state index contributed by atoms with van der Waals surface area (Å²) in [5, 5.41) is 8.99. The Kier molecular flexibility index (Phi) is 4.04. The van der Waals surface area contributed by atoms with Crippen LogP contribution in [0, 0.1) is 18.3 Å². The number of methoxy groups -OCH3 is 1. The zero-order valence-electron chi connectivity index (χ0n) is 11.0. The quantitative estimate of drug-likeness (QED) is 0.838. The molecule has 0 saturated heterocycles. The van der Waals surface area contributed by atoms with Crippen molar-refractivity contribution in [3.05, 3.63) is 59.2 Å². The molecule has 0 aromatic heterocycles. The lowest BCUT2D eigenvalue weighted by atomic mass is 10.1. The van der Waals surface area contributed by atoms with Gasteiger partial charge in [-0.05, 0) is 24.1 Å². The first-order valence-electron chi connectivity index (χ1n) is 6.00. The molecule has 0 saturated carbocycles. The van der Waals surface area contributed by atoms with Gasteiger partial charge in [0.2, 0.25) is 0 Å². The van der Waals surface area contributed by atoms with Crippen LogP contribution in [0.1, 0.15) is 16.7 Å². The van der Waals surface area contributed by atoms with E-state index >= 15 is 0 Å². The molecule has 0 aliphatic heterocycles. The van der Waals surface area contributed by atoms with Gasteiger partial charge in [0.25, 0.3) is 0 Å². The van der Waals surface area contributed by atoms with Crippen LogP contribution in [0.3, 0.4) is 0 Å². The van der Waals surface area contributed by atoms with Gasteiger partial charge in [0.1, 0.15) is 6.61 Å². The third kappa shape index (κ3) is 3.05. The van der Waals surface area contributed by atoms with Crippen LogP contribution < -0.4 is 9.47 Å². The van der Waals surface area contributed by atoms with E-state index in [1.54, 1.807) is 13.2 Å². The van der Waals surface area contributed by atoms with Crippen LogP contribution in [-0.2, 0) is 6.61 Å². The van der Waals surface area contributed by atoms with Crippen LogP contribution >= 0.6 is 0 Å². The lowest BCUT2D eigenvalue weighted by Crippen LogP contribution is -1.99. The van der Waals surface area contributed by atoms with E-state index in [0.717, 1.165) is 11.1 Å². The summed E-state index contributed by atoms with van der Waals surface area (Å²) < 4.78 is 11.0. The molecule has 0 aliphatic carbocycles. The number of nitrogens with zero attached hydrogens (tertiary/aromatic N) is 1. The van der Waals surface area contributed by atoms with Gasteiger partial charge in [0, 0.05) is 6.07 Å². The Morgan fingerprint density at radius 2 is 1.84 bits per heavy atom. The second-order valence-electron chi connectivity index (χ2n) is 4.20. The molecule has 2 aromatic rings. The van der Waals surface area contributed by atoms with Crippen LogP contribution in [0.2, 0.25) is 0 Å². The zero-order valence-corrected chi connectivity index (χ0v) is 11.0. The smallest absolute Gasteiger partial charge is 0.162 e. The minimum atomic E-state index is 0.475. The Balaban J connectivity index is 2.21. The molecule has 0 heterocycles. The average molecular weight is 253 g/mol. The van der Waals surface area contributed by atoms with Crippen LogP contribution in [0.25, 0.3) is 0 Å². The highest BCUT2D eigenvalue weighted by molar-refractivity contribution is 5.51. The Morgan fingerprint density at radius 1 is 1.11 bits per heavy atom. The fourth-order valence-electron chi connectivity index (χ4n) is 1.79. The molecule has 0 radical (unpaired) electrons. The molecular formula is C16H15NO2. The van der Waals surface area contributed by atoms with Gasteiger partial charge in [-0.2, -0.15) is 5.26 Å². The van der Waals surface area contributed by atoms with Crippen molar-refractivity contribution in [2.45, 2.75) is 13.5 Å². The van der Waals surface area contributed by atoms with E-state index in [4.69, 9.17) is 14.7 Å². The second-order valence-corrected chi connectivity index (χ2v) is 4.20. The SMILES string of the molecule is COc1cc(C#N)c(C)cc1OCc1ccccc1. The number of rotatable bonds is 4. The number of hydrogen-bond donors (Lipinski definition) is 0. The van der Waals surface area contributed by atoms with E-state index in [0.29, 0.717) is 23.7 Å². The summed E-state index contributed by atoms with van der Waals surface area (Å²) >= 11 is 0. The van der Waals surface area contributed by atoms with Crippen molar-refractivity contribution in [1.29, 1.82) is 5.26 Å². The van der Waals surface area contributed by atoms with Crippen molar-refractivity contribution in [1.82, 2.24) is 0 Å². The zero-order chi connectivity index (χ0) is 13.7. The molecule has 3 heteroatoms. The van der Waals surface area contributed by atoms with Crippen molar-refractivity contribution < 1.29 is 9.47 Å². The molecule has 0 aliphatic rings. The fourth-order valence-corrected chi connectivity index (χ4v) is 1.79. The number of ether oxygens (including phenoxy) is 2. The molecule has 2 rings (SSSR count). The molecule has 19 heavy (non-hydrogen) atoms. The first-order valence-corrected chi connectivity index (χ1v) is 6.00. The molecule has 0 bridgehead atoms. The Bertz CT molecular complexity index is 600. The number of hydrogen-bond acceptors (Lipinski definition) is 3. The normalized spacial score (nSPS) is 9.74. The van der Waals surface area contributed by atoms with Gasteiger partial charge in [-0.1, -0.05) is 30.3 Å². The summed E-state index contributed by atoms with van der Waals surface area (Å²) in [5.41, 5.74) is 2.57. The molecule has 0 fully saturated rings. The highest BCUT2D eigenvalue weighted by atomic mass is 16.5. The van der Waals surface area contributed by atoms with Crippen LogP contribution in [0.15, 0.2) is 42.5 Å². The van der Waals surface area contributed by atoms with Gasteiger partial charge in [-0.25, -0.2) is 0 Å². The maximum absolute atomic E-state index is 8.99. The van der Waals surface area contributed by atoms with Gasteiger partial charge in [0.15, 0.2) is 11.5 Å². The van der Waals surface area contributed by atoms with E-state index in [9.17, 15) is 0 Å². The predicted molar refractivity (Wildman–Crippen MR) is 73.2 cm³/mol. The maximum Gasteiger partial charge on any atom is 0.162 e. The van der Waals surface area contributed by atoms with E-state index in [1.807, 2.05) is 43.3 Å². The van der Waals surface area contributed by atoms with Gasteiger partial charge in [-0.3, -0.25) is 0 Å². The maximum atomic E-state index is 8.99. The minimum absolute atomic E-state index is 0.475. The molecule has 0 spiro atoms. The van der Waals surface area contributed by atoms with E-state index in [-0.39, 0.29) is 0 Å². The molecule has 0 unspecified atom stereocenters. The van der Waals surface area contributed by atoms with Crippen LogP contribution in [0.5, 0.6) is 11.5 Å². The summed E-state index contributed by atoms with van der Waals surface area (Å²) in [7, 11) is 1.57. The topological polar surface area (TPSA) is 42.2 Å². The molecular weight excluding hydrogens is 238 g/mol. The van der Waals surface area contributed by atoms with Gasteiger partial charge < -0.3 is 9.47 Å². The Morgan fingerprint density at radius 3 is 2.47 bits per heavy atom. The van der Waals surface area contributed by atoms with Gasteiger partial charge >= 0.3 is 0 Å².